The standard InChI is InChI=1S/C25H31N3.C2H7N.CH3N/c1-19-8-11-21(12-9-19)6-4-14-25(15-16-26-3)24-7-5-17-28(24)23-18-20(2)10-13-22(23)27-25;1-2-3;1-2/h5,7-13,17-18,26-27H,4,6,14-16H2,1-3H3;2-3H2,1H3;2H,1H2. The normalized spacial score (nSPS) is 15.7. The number of hydrogen-bond donors (Lipinski definition) is 4. The summed E-state index contributed by atoms with van der Waals surface area (Å²) in [6.45, 7) is 10.5. The van der Waals surface area contributed by atoms with Crippen LogP contribution in [0.4, 0.5) is 5.69 Å². The number of aryl methyl sites for hydroxylation is 3. The van der Waals surface area contributed by atoms with Crippen LogP contribution in [0.3, 0.4) is 0 Å². The maximum absolute atomic E-state index is 5.50. The third-order valence-electron chi connectivity index (χ3n) is 6.02. The number of benzene rings is 2. The van der Waals surface area contributed by atoms with Crippen LogP contribution in [0, 0.1) is 19.3 Å². The van der Waals surface area contributed by atoms with Gasteiger partial charge in [0.1, 0.15) is 0 Å². The number of hydrogen-bond acceptors (Lipinski definition) is 4. The van der Waals surface area contributed by atoms with Crippen molar-refractivity contribution in [1.82, 2.24) is 9.88 Å². The first-order valence-corrected chi connectivity index (χ1v) is 11.9. The highest BCUT2D eigenvalue weighted by Gasteiger charge is 2.37. The SMILES string of the molecule is C=N.CCN.CNCCC1(CCCc2ccc(C)cc2)Nc2ccc(C)cc2-n2cccc21. The lowest BCUT2D eigenvalue weighted by atomic mass is 9.83. The summed E-state index contributed by atoms with van der Waals surface area (Å²) in [4.78, 5) is 0. The summed E-state index contributed by atoms with van der Waals surface area (Å²) in [5.41, 5.74) is 12.7. The van der Waals surface area contributed by atoms with Gasteiger partial charge < -0.3 is 26.3 Å². The minimum Gasteiger partial charge on any atom is -0.372 e. The molecule has 0 amide bonds. The average Bonchev–Trinajstić information content (AvgIpc) is 3.33. The molecular formula is C28H41N5. The number of nitrogens with one attached hydrogen (secondary N) is 3. The molecule has 1 aliphatic heterocycles. The highest BCUT2D eigenvalue weighted by atomic mass is 15.1. The fourth-order valence-corrected chi connectivity index (χ4v) is 4.44. The predicted octanol–water partition coefficient (Wildman–Crippen LogP) is 5.58. The summed E-state index contributed by atoms with van der Waals surface area (Å²) in [6.07, 6.45) is 6.66. The zero-order valence-corrected chi connectivity index (χ0v) is 20.7. The molecule has 4 rings (SSSR count). The molecule has 0 radical (unpaired) electrons. The van der Waals surface area contributed by atoms with E-state index < -0.39 is 0 Å². The maximum Gasteiger partial charge on any atom is 0.0792 e. The monoisotopic (exact) mass is 447 g/mol. The molecule has 0 saturated heterocycles. The van der Waals surface area contributed by atoms with Gasteiger partial charge >= 0.3 is 0 Å². The van der Waals surface area contributed by atoms with Crippen LogP contribution in [0.5, 0.6) is 0 Å². The summed E-state index contributed by atoms with van der Waals surface area (Å²) in [7, 11) is 2.04. The third kappa shape index (κ3) is 6.56. The van der Waals surface area contributed by atoms with Gasteiger partial charge in [-0.05, 0) is 102 Å². The number of rotatable bonds is 7. The van der Waals surface area contributed by atoms with E-state index in [0.29, 0.717) is 0 Å². The Balaban J connectivity index is 0.000000714. The van der Waals surface area contributed by atoms with Gasteiger partial charge in [0.15, 0.2) is 0 Å². The number of anilines is 1. The molecular weight excluding hydrogens is 406 g/mol. The van der Waals surface area contributed by atoms with Gasteiger partial charge in [0, 0.05) is 11.9 Å². The molecule has 0 spiro atoms. The second-order valence-electron chi connectivity index (χ2n) is 8.59. The zero-order chi connectivity index (χ0) is 24.3. The van der Waals surface area contributed by atoms with E-state index in [-0.39, 0.29) is 5.54 Å². The average molecular weight is 448 g/mol. The Morgan fingerprint density at radius 3 is 2.36 bits per heavy atom. The molecule has 33 heavy (non-hydrogen) atoms. The van der Waals surface area contributed by atoms with E-state index in [2.05, 4.69) is 96.6 Å². The molecule has 0 aliphatic carbocycles. The van der Waals surface area contributed by atoms with E-state index in [9.17, 15) is 0 Å². The van der Waals surface area contributed by atoms with Crippen LogP contribution in [-0.2, 0) is 12.0 Å². The minimum atomic E-state index is -0.0422. The Morgan fingerprint density at radius 1 is 1.03 bits per heavy atom. The van der Waals surface area contributed by atoms with E-state index in [0.717, 1.165) is 38.8 Å². The van der Waals surface area contributed by atoms with E-state index in [1.165, 1.54) is 33.8 Å². The molecule has 2 aromatic carbocycles. The predicted molar refractivity (Wildman–Crippen MR) is 143 cm³/mol. The third-order valence-corrected chi connectivity index (χ3v) is 6.02. The van der Waals surface area contributed by atoms with Crippen LogP contribution in [0.15, 0.2) is 60.8 Å². The second kappa shape index (κ2) is 13.0. The van der Waals surface area contributed by atoms with Crippen molar-refractivity contribution in [1.29, 1.82) is 5.41 Å². The maximum atomic E-state index is 5.50. The van der Waals surface area contributed by atoms with Crippen molar-refractivity contribution in [3.8, 4) is 5.69 Å². The topological polar surface area (TPSA) is 78.9 Å². The molecule has 3 aromatic rings. The number of aromatic nitrogens is 1. The van der Waals surface area contributed by atoms with Crippen LogP contribution < -0.4 is 16.4 Å². The van der Waals surface area contributed by atoms with Crippen molar-refractivity contribution in [3.63, 3.8) is 0 Å². The summed E-state index contributed by atoms with van der Waals surface area (Å²) in [5.74, 6) is 0. The highest BCUT2D eigenvalue weighted by molar-refractivity contribution is 5.67. The van der Waals surface area contributed by atoms with Crippen molar-refractivity contribution in [2.24, 2.45) is 5.73 Å². The quantitative estimate of drug-likeness (QED) is 0.357. The second-order valence-corrected chi connectivity index (χ2v) is 8.59. The molecule has 0 saturated carbocycles. The van der Waals surface area contributed by atoms with Gasteiger partial charge in [-0.25, -0.2) is 0 Å². The molecule has 1 atom stereocenters. The van der Waals surface area contributed by atoms with Gasteiger partial charge in [0.25, 0.3) is 0 Å². The molecule has 0 bridgehead atoms. The van der Waals surface area contributed by atoms with Gasteiger partial charge in [0.05, 0.1) is 16.9 Å². The smallest absolute Gasteiger partial charge is 0.0792 e. The Morgan fingerprint density at radius 2 is 1.70 bits per heavy atom. The van der Waals surface area contributed by atoms with Gasteiger partial charge in [-0.1, -0.05) is 42.8 Å². The van der Waals surface area contributed by atoms with Gasteiger partial charge in [-0.3, -0.25) is 0 Å². The van der Waals surface area contributed by atoms with Crippen molar-refractivity contribution in [2.45, 2.75) is 52.0 Å². The van der Waals surface area contributed by atoms with Crippen LogP contribution in [-0.4, -0.2) is 31.4 Å². The number of fused-ring (bicyclic) bond motifs is 3. The van der Waals surface area contributed by atoms with Gasteiger partial charge in [0.2, 0.25) is 0 Å². The first-order valence-electron chi connectivity index (χ1n) is 11.9. The number of nitrogens with two attached hydrogens (primary N) is 1. The molecule has 0 fully saturated rings. The van der Waals surface area contributed by atoms with E-state index in [1.807, 2.05) is 14.0 Å². The lowest BCUT2D eigenvalue weighted by Crippen LogP contribution is -2.42. The molecule has 5 heteroatoms. The van der Waals surface area contributed by atoms with Gasteiger partial charge in [-0.2, -0.15) is 0 Å². The summed E-state index contributed by atoms with van der Waals surface area (Å²) in [6, 6.07) is 20.2. The van der Waals surface area contributed by atoms with Crippen LogP contribution >= 0.6 is 0 Å². The fourth-order valence-electron chi connectivity index (χ4n) is 4.44. The Bertz CT molecular complexity index is 976. The molecule has 5 N–H and O–H groups in total. The Labute approximate surface area is 199 Å². The fraction of sp³-hybridized carbons (Fsp3) is 0.393. The number of nitrogens with zero attached hydrogens (tertiary/aromatic N) is 1. The Hall–Kier alpha value is -2.89. The minimum absolute atomic E-state index is 0.0422. The molecule has 2 heterocycles. The lowest BCUT2D eigenvalue weighted by Gasteiger charge is -2.41. The van der Waals surface area contributed by atoms with Crippen molar-refractivity contribution in [2.75, 3.05) is 25.5 Å². The Kier molecular flexibility index (Phi) is 10.4. The first kappa shape index (κ1) is 26.4. The van der Waals surface area contributed by atoms with E-state index >= 15 is 0 Å². The summed E-state index contributed by atoms with van der Waals surface area (Å²) >= 11 is 0. The zero-order valence-electron chi connectivity index (χ0n) is 20.7. The molecule has 1 aliphatic rings. The van der Waals surface area contributed by atoms with Crippen LogP contribution in [0.25, 0.3) is 5.69 Å². The molecule has 178 valence electrons. The molecule has 5 nitrogen and oxygen atoms in total. The van der Waals surface area contributed by atoms with Crippen LogP contribution in [0.2, 0.25) is 0 Å². The van der Waals surface area contributed by atoms with Crippen molar-refractivity contribution in [3.05, 3.63) is 83.2 Å². The first-order chi connectivity index (χ1) is 16.0. The molecule has 1 unspecified atom stereocenters. The van der Waals surface area contributed by atoms with E-state index in [4.69, 9.17) is 11.1 Å². The summed E-state index contributed by atoms with van der Waals surface area (Å²) < 4.78 is 2.39. The summed E-state index contributed by atoms with van der Waals surface area (Å²) in [5, 5.41) is 12.8. The van der Waals surface area contributed by atoms with Crippen LogP contribution in [0.1, 0.15) is 48.6 Å². The van der Waals surface area contributed by atoms with E-state index in [1.54, 1.807) is 0 Å². The van der Waals surface area contributed by atoms with Crippen molar-refractivity contribution >= 4 is 12.4 Å². The molecule has 1 aromatic heterocycles. The largest absolute Gasteiger partial charge is 0.372 e. The van der Waals surface area contributed by atoms with Crippen molar-refractivity contribution < 1.29 is 0 Å². The lowest BCUT2D eigenvalue weighted by molar-refractivity contribution is 0.376. The highest BCUT2D eigenvalue weighted by Crippen LogP contribution is 2.42. The van der Waals surface area contributed by atoms with Gasteiger partial charge in [-0.15, -0.1) is 0 Å².